The molecule has 0 radical (unpaired) electrons. The summed E-state index contributed by atoms with van der Waals surface area (Å²) in [6.45, 7) is 1.97. The molecule has 0 aliphatic rings. The lowest BCUT2D eigenvalue weighted by Crippen LogP contribution is -2.10. The number of benzene rings is 1. The normalized spacial score (nSPS) is 10.0. The van der Waals surface area contributed by atoms with Gasteiger partial charge in [-0.05, 0) is 42.8 Å². The quantitative estimate of drug-likeness (QED) is 0.851. The third kappa shape index (κ3) is 4.49. The van der Waals surface area contributed by atoms with Crippen LogP contribution in [0.5, 0.6) is 5.75 Å². The fraction of sp³-hybridized carbons (Fsp3) is 0.250. The first kappa shape index (κ1) is 14.8. The van der Waals surface area contributed by atoms with Crippen LogP contribution in [0.2, 0.25) is 0 Å². The molecule has 1 amide bonds. The fourth-order valence-corrected chi connectivity index (χ4v) is 1.81. The zero-order chi connectivity index (χ0) is 15.1. The summed E-state index contributed by atoms with van der Waals surface area (Å²) in [4.78, 5) is 15.8. The number of hydrogen-bond acceptors (Lipinski definition) is 4. The van der Waals surface area contributed by atoms with Crippen molar-refractivity contribution in [3.63, 3.8) is 0 Å². The summed E-state index contributed by atoms with van der Waals surface area (Å²) in [5.41, 5.74) is 1.62. The Morgan fingerprint density at radius 2 is 1.86 bits per heavy atom. The van der Waals surface area contributed by atoms with Gasteiger partial charge in [-0.2, -0.15) is 0 Å². The molecule has 0 aliphatic carbocycles. The topological polar surface area (TPSA) is 63.2 Å². The van der Waals surface area contributed by atoms with Crippen LogP contribution in [-0.2, 0) is 4.79 Å². The summed E-state index contributed by atoms with van der Waals surface area (Å²) < 4.78 is 5.11. The Morgan fingerprint density at radius 1 is 1.14 bits per heavy atom. The highest BCUT2D eigenvalue weighted by Crippen LogP contribution is 2.19. The minimum absolute atomic E-state index is 0.00941. The smallest absolute Gasteiger partial charge is 0.224 e. The number of carbonyl (C=O) groups excluding carboxylic acids is 1. The minimum atomic E-state index is 0.00941. The molecule has 5 heteroatoms. The molecule has 0 bridgehead atoms. The van der Waals surface area contributed by atoms with Gasteiger partial charge in [0.15, 0.2) is 0 Å². The Bertz CT molecular complexity index is 579. The van der Waals surface area contributed by atoms with Crippen LogP contribution in [0.25, 0.3) is 0 Å². The van der Waals surface area contributed by atoms with Crippen molar-refractivity contribution < 1.29 is 9.53 Å². The maximum absolute atomic E-state index is 11.5. The van der Waals surface area contributed by atoms with Gasteiger partial charge in [-0.3, -0.25) is 4.79 Å². The number of ether oxygens (including phenoxy) is 1. The lowest BCUT2D eigenvalue weighted by Gasteiger charge is -2.08. The number of amides is 1. The van der Waals surface area contributed by atoms with Gasteiger partial charge in [0, 0.05) is 12.1 Å². The van der Waals surface area contributed by atoms with E-state index in [0.29, 0.717) is 17.9 Å². The Hall–Kier alpha value is -2.56. The average Bonchev–Trinajstić information content (AvgIpc) is 2.50. The lowest BCUT2D eigenvalue weighted by molar-refractivity contribution is -0.116. The van der Waals surface area contributed by atoms with Crippen molar-refractivity contribution in [1.29, 1.82) is 0 Å². The van der Waals surface area contributed by atoms with Crippen molar-refractivity contribution in [3.8, 4) is 5.75 Å². The van der Waals surface area contributed by atoms with E-state index in [1.54, 1.807) is 13.3 Å². The number of methoxy groups -OCH3 is 1. The SMILES string of the molecule is CCCC(=O)Nc1ccc(Nc2ccc(OC)cc2)nc1. The largest absolute Gasteiger partial charge is 0.497 e. The van der Waals surface area contributed by atoms with Crippen LogP contribution in [0.4, 0.5) is 17.2 Å². The van der Waals surface area contributed by atoms with Crippen molar-refractivity contribution in [3.05, 3.63) is 42.6 Å². The van der Waals surface area contributed by atoms with E-state index >= 15 is 0 Å². The molecule has 1 aromatic carbocycles. The van der Waals surface area contributed by atoms with Crippen LogP contribution in [0.1, 0.15) is 19.8 Å². The number of anilines is 3. The van der Waals surface area contributed by atoms with Gasteiger partial charge in [0.1, 0.15) is 11.6 Å². The summed E-state index contributed by atoms with van der Waals surface area (Å²) in [5, 5.41) is 5.98. The third-order valence-corrected chi connectivity index (χ3v) is 2.89. The summed E-state index contributed by atoms with van der Waals surface area (Å²) >= 11 is 0. The molecule has 0 atom stereocenters. The van der Waals surface area contributed by atoms with Gasteiger partial charge in [0.05, 0.1) is 19.0 Å². The van der Waals surface area contributed by atoms with Gasteiger partial charge in [-0.15, -0.1) is 0 Å². The van der Waals surface area contributed by atoms with E-state index in [-0.39, 0.29) is 5.91 Å². The average molecular weight is 285 g/mol. The Labute approximate surface area is 124 Å². The van der Waals surface area contributed by atoms with Gasteiger partial charge in [-0.1, -0.05) is 6.92 Å². The van der Waals surface area contributed by atoms with Crippen LogP contribution >= 0.6 is 0 Å². The molecule has 0 saturated carbocycles. The van der Waals surface area contributed by atoms with Crippen molar-refractivity contribution in [2.24, 2.45) is 0 Å². The summed E-state index contributed by atoms with van der Waals surface area (Å²) in [6, 6.07) is 11.2. The monoisotopic (exact) mass is 285 g/mol. The van der Waals surface area contributed by atoms with Gasteiger partial charge in [-0.25, -0.2) is 4.98 Å². The molecule has 1 aromatic heterocycles. The maximum Gasteiger partial charge on any atom is 0.224 e. The highest BCUT2D eigenvalue weighted by Gasteiger charge is 2.02. The highest BCUT2D eigenvalue weighted by molar-refractivity contribution is 5.90. The molecule has 2 aromatic rings. The Morgan fingerprint density at radius 3 is 2.43 bits per heavy atom. The van der Waals surface area contributed by atoms with Crippen molar-refractivity contribution in [1.82, 2.24) is 4.98 Å². The van der Waals surface area contributed by atoms with E-state index in [1.165, 1.54) is 0 Å². The molecular weight excluding hydrogens is 266 g/mol. The van der Waals surface area contributed by atoms with E-state index < -0.39 is 0 Å². The van der Waals surface area contributed by atoms with E-state index in [9.17, 15) is 4.79 Å². The number of aromatic nitrogens is 1. The van der Waals surface area contributed by atoms with Crippen LogP contribution in [0.3, 0.4) is 0 Å². The molecule has 0 saturated heterocycles. The Balaban J connectivity index is 1.96. The molecule has 1 heterocycles. The maximum atomic E-state index is 11.5. The summed E-state index contributed by atoms with van der Waals surface area (Å²) in [6.07, 6.45) is 2.99. The number of hydrogen-bond donors (Lipinski definition) is 2. The van der Waals surface area contributed by atoms with E-state index in [1.807, 2.05) is 43.3 Å². The number of nitrogens with zero attached hydrogens (tertiary/aromatic N) is 1. The minimum Gasteiger partial charge on any atom is -0.497 e. The van der Waals surface area contributed by atoms with E-state index in [4.69, 9.17) is 4.74 Å². The first-order valence-corrected chi connectivity index (χ1v) is 6.88. The standard InChI is InChI=1S/C16H19N3O2/c1-3-4-16(20)19-13-7-10-15(17-11-13)18-12-5-8-14(21-2)9-6-12/h5-11H,3-4H2,1-2H3,(H,17,18)(H,19,20). The molecule has 2 rings (SSSR count). The van der Waals surface area contributed by atoms with Crippen molar-refractivity contribution in [2.75, 3.05) is 17.7 Å². The number of pyridine rings is 1. The molecule has 21 heavy (non-hydrogen) atoms. The predicted octanol–water partition coefficient (Wildman–Crippen LogP) is 3.57. The third-order valence-electron chi connectivity index (χ3n) is 2.89. The molecule has 5 nitrogen and oxygen atoms in total. The second-order valence-corrected chi connectivity index (χ2v) is 4.58. The first-order chi connectivity index (χ1) is 10.2. The van der Waals surface area contributed by atoms with Crippen LogP contribution in [-0.4, -0.2) is 18.0 Å². The second kappa shape index (κ2) is 7.28. The molecular formula is C16H19N3O2. The number of carbonyl (C=O) groups is 1. The fourth-order valence-electron chi connectivity index (χ4n) is 1.81. The van der Waals surface area contributed by atoms with Crippen LogP contribution in [0.15, 0.2) is 42.6 Å². The Kier molecular flexibility index (Phi) is 5.15. The van der Waals surface area contributed by atoms with Gasteiger partial charge < -0.3 is 15.4 Å². The van der Waals surface area contributed by atoms with Gasteiger partial charge in [0.25, 0.3) is 0 Å². The molecule has 0 fully saturated rings. The zero-order valence-corrected chi connectivity index (χ0v) is 12.2. The number of rotatable bonds is 6. The van der Waals surface area contributed by atoms with Crippen LogP contribution < -0.4 is 15.4 Å². The molecule has 110 valence electrons. The molecule has 0 unspecified atom stereocenters. The predicted molar refractivity (Wildman–Crippen MR) is 84.1 cm³/mol. The molecule has 0 spiro atoms. The highest BCUT2D eigenvalue weighted by atomic mass is 16.5. The van der Waals surface area contributed by atoms with Gasteiger partial charge in [0.2, 0.25) is 5.91 Å². The molecule has 2 N–H and O–H groups in total. The first-order valence-electron chi connectivity index (χ1n) is 6.88. The zero-order valence-electron chi connectivity index (χ0n) is 12.2. The van der Waals surface area contributed by atoms with Crippen molar-refractivity contribution in [2.45, 2.75) is 19.8 Å². The van der Waals surface area contributed by atoms with Gasteiger partial charge >= 0.3 is 0 Å². The van der Waals surface area contributed by atoms with E-state index in [2.05, 4.69) is 15.6 Å². The van der Waals surface area contributed by atoms with Crippen molar-refractivity contribution >= 4 is 23.1 Å². The van der Waals surface area contributed by atoms with E-state index in [0.717, 1.165) is 17.9 Å². The summed E-state index contributed by atoms with van der Waals surface area (Å²) in [7, 11) is 1.63. The van der Waals surface area contributed by atoms with Crippen LogP contribution in [0, 0.1) is 0 Å². The number of nitrogens with one attached hydrogen (secondary N) is 2. The summed E-state index contributed by atoms with van der Waals surface area (Å²) in [5.74, 6) is 1.53. The molecule has 0 aliphatic heterocycles. The second-order valence-electron chi connectivity index (χ2n) is 4.58. The lowest BCUT2D eigenvalue weighted by atomic mass is 10.3.